The highest BCUT2D eigenvalue weighted by atomic mass is 16.5. The van der Waals surface area contributed by atoms with Crippen LogP contribution < -0.4 is 0 Å². The number of nitrogens with zero attached hydrogens (tertiary/aromatic N) is 1. The van der Waals surface area contributed by atoms with E-state index in [9.17, 15) is 9.59 Å². The summed E-state index contributed by atoms with van der Waals surface area (Å²) in [6.45, 7) is 6.97. The topological polar surface area (TPSA) is 66.8 Å². The van der Waals surface area contributed by atoms with Crippen LogP contribution in [0.4, 0.5) is 0 Å². The van der Waals surface area contributed by atoms with Crippen molar-refractivity contribution in [1.29, 1.82) is 0 Å². The maximum Gasteiger partial charge on any atom is 0.308 e. The average Bonchev–Trinajstić information content (AvgIpc) is 2.26. The standard InChI is InChI=1S/C13H25NO4/c1-10(2)8-12(15)14(6-5-7-18-4)9-11(3)13(16)17/h10-11H,5-9H2,1-4H3,(H,16,17). The van der Waals surface area contributed by atoms with E-state index in [1.807, 2.05) is 13.8 Å². The van der Waals surface area contributed by atoms with E-state index in [1.54, 1.807) is 18.9 Å². The number of rotatable bonds is 9. The van der Waals surface area contributed by atoms with Gasteiger partial charge < -0.3 is 14.7 Å². The second-order valence-corrected chi connectivity index (χ2v) is 5.02. The number of carbonyl (C=O) groups excluding carboxylic acids is 1. The zero-order valence-electron chi connectivity index (χ0n) is 11.8. The Morgan fingerprint density at radius 3 is 2.33 bits per heavy atom. The summed E-state index contributed by atoms with van der Waals surface area (Å²) in [5.74, 6) is -1.11. The Kier molecular flexibility index (Phi) is 8.37. The third-order valence-electron chi connectivity index (χ3n) is 2.63. The summed E-state index contributed by atoms with van der Waals surface area (Å²) in [5, 5.41) is 8.90. The maximum absolute atomic E-state index is 12.0. The van der Waals surface area contributed by atoms with Crippen molar-refractivity contribution in [3.8, 4) is 0 Å². The van der Waals surface area contributed by atoms with Crippen LogP contribution >= 0.6 is 0 Å². The van der Waals surface area contributed by atoms with Crippen molar-refractivity contribution in [3.05, 3.63) is 0 Å². The molecule has 0 aliphatic rings. The molecule has 5 nitrogen and oxygen atoms in total. The molecule has 1 amide bonds. The molecule has 0 saturated heterocycles. The van der Waals surface area contributed by atoms with Crippen molar-refractivity contribution in [1.82, 2.24) is 4.90 Å². The second kappa shape index (κ2) is 8.91. The summed E-state index contributed by atoms with van der Waals surface area (Å²) < 4.78 is 4.95. The SMILES string of the molecule is COCCCN(CC(C)C(=O)O)C(=O)CC(C)C. The lowest BCUT2D eigenvalue weighted by Crippen LogP contribution is -2.38. The molecule has 1 atom stereocenters. The molecule has 0 aromatic rings. The molecule has 0 radical (unpaired) electrons. The summed E-state index contributed by atoms with van der Waals surface area (Å²) in [5.41, 5.74) is 0. The minimum atomic E-state index is -0.871. The first kappa shape index (κ1) is 16.9. The van der Waals surface area contributed by atoms with E-state index in [-0.39, 0.29) is 18.4 Å². The van der Waals surface area contributed by atoms with Crippen molar-refractivity contribution in [2.75, 3.05) is 26.8 Å². The summed E-state index contributed by atoms with van der Waals surface area (Å²) in [6.07, 6.45) is 1.19. The number of ether oxygens (including phenoxy) is 1. The molecule has 0 heterocycles. The Hall–Kier alpha value is -1.10. The molecule has 18 heavy (non-hydrogen) atoms. The number of aliphatic carboxylic acids is 1. The van der Waals surface area contributed by atoms with Gasteiger partial charge in [-0.3, -0.25) is 9.59 Å². The first-order chi connectivity index (χ1) is 8.38. The van der Waals surface area contributed by atoms with Gasteiger partial charge in [-0.05, 0) is 12.3 Å². The van der Waals surface area contributed by atoms with Crippen molar-refractivity contribution in [3.63, 3.8) is 0 Å². The molecule has 1 unspecified atom stereocenters. The number of hydrogen-bond donors (Lipinski definition) is 1. The normalized spacial score (nSPS) is 12.5. The number of carbonyl (C=O) groups is 2. The van der Waals surface area contributed by atoms with Gasteiger partial charge in [0.15, 0.2) is 0 Å². The van der Waals surface area contributed by atoms with Crippen LogP contribution in [0.15, 0.2) is 0 Å². The van der Waals surface area contributed by atoms with E-state index in [0.29, 0.717) is 19.6 Å². The highest BCUT2D eigenvalue weighted by Crippen LogP contribution is 2.08. The van der Waals surface area contributed by atoms with Gasteiger partial charge >= 0.3 is 5.97 Å². The maximum atomic E-state index is 12.0. The molecular formula is C13H25NO4. The van der Waals surface area contributed by atoms with E-state index >= 15 is 0 Å². The predicted octanol–water partition coefficient (Wildman–Crippen LogP) is 1.62. The Labute approximate surface area is 109 Å². The van der Waals surface area contributed by atoms with Gasteiger partial charge in [-0.2, -0.15) is 0 Å². The Morgan fingerprint density at radius 1 is 1.28 bits per heavy atom. The molecule has 0 bridgehead atoms. The molecule has 0 aromatic carbocycles. The lowest BCUT2D eigenvalue weighted by atomic mass is 10.1. The lowest BCUT2D eigenvalue weighted by molar-refractivity contribution is -0.143. The van der Waals surface area contributed by atoms with E-state index in [1.165, 1.54) is 0 Å². The van der Waals surface area contributed by atoms with Crippen LogP contribution in [0.5, 0.6) is 0 Å². The van der Waals surface area contributed by atoms with E-state index < -0.39 is 11.9 Å². The number of carboxylic acid groups (broad SMARTS) is 1. The minimum Gasteiger partial charge on any atom is -0.481 e. The van der Waals surface area contributed by atoms with Gasteiger partial charge in [0.2, 0.25) is 5.91 Å². The second-order valence-electron chi connectivity index (χ2n) is 5.02. The van der Waals surface area contributed by atoms with Crippen LogP contribution in [-0.2, 0) is 14.3 Å². The largest absolute Gasteiger partial charge is 0.481 e. The van der Waals surface area contributed by atoms with Crippen molar-refractivity contribution in [2.24, 2.45) is 11.8 Å². The summed E-state index contributed by atoms with van der Waals surface area (Å²) in [4.78, 5) is 24.5. The van der Waals surface area contributed by atoms with E-state index in [0.717, 1.165) is 6.42 Å². The number of hydrogen-bond acceptors (Lipinski definition) is 3. The number of methoxy groups -OCH3 is 1. The van der Waals surface area contributed by atoms with Crippen LogP contribution in [0, 0.1) is 11.8 Å². The number of amides is 1. The predicted molar refractivity (Wildman–Crippen MR) is 69.3 cm³/mol. The van der Waals surface area contributed by atoms with Crippen LogP contribution in [0.25, 0.3) is 0 Å². The van der Waals surface area contributed by atoms with Gasteiger partial charge in [0.25, 0.3) is 0 Å². The fourth-order valence-electron chi connectivity index (χ4n) is 1.60. The fourth-order valence-corrected chi connectivity index (χ4v) is 1.60. The molecule has 0 spiro atoms. The van der Waals surface area contributed by atoms with E-state index in [2.05, 4.69) is 0 Å². The monoisotopic (exact) mass is 259 g/mol. The molecule has 0 fully saturated rings. The molecule has 106 valence electrons. The van der Waals surface area contributed by atoms with Gasteiger partial charge in [0, 0.05) is 33.2 Å². The highest BCUT2D eigenvalue weighted by molar-refractivity contribution is 5.77. The molecule has 5 heteroatoms. The third-order valence-corrected chi connectivity index (χ3v) is 2.63. The van der Waals surface area contributed by atoms with Gasteiger partial charge in [0.1, 0.15) is 0 Å². The van der Waals surface area contributed by atoms with Crippen LogP contribution in [-0.4, -0.2) is 48.7 Å². The Balaban J connectivity index is 4.40. The van der Waals surface area contributed by atoms with Crippen molar-refractivity contribution < 1.29 is 19.4 Å². The molecule has 0 saturated carbocycles. The van der Waals surface area contributed by atoms with Gasteiger partial charge in [0.05, 0.1) is 5.92 Å². The molecule has 0 aromatic heterocycles. The highest BCUT2D eigenvalue weighted by Gasteiger charge is 2.20. The van der Waals surface area contributed by atoms with Crippen molar-refractivity contribution >= 4 is 11.9 Å². The van der Waals surface area contributed by atoms with Gasteiger partial charge in [-0.15, -0.1) is 0 Å². The summed E-state index contributed by atoms with van der Waals surface area (Å²) >= 11 is 0. The van der Waals surface area contributed by atoms with Crippen LogP contribution in [0.1, 0.15) is 33.6 Å². The molecular weight excluding hydrogens is 234 g/mol. The minimum absolute atomic E-state index is 0.0224. The zero-order valence-corrected chi connectivity index (χ0v) is 11.8. The number of carboxylic acids is 1. The lowest BCUT2D eigenvalue weighted by Gasteiger charge is -2.25. The molecule has 1 N–H and O–H groups in total. The van der Waals surface area contributed by atoms with Gasteiger partial charge in [-0.25, -0.2) is 0 Å². The zero-order chi connectivity index (χ0) is 14.1. The molecule has 0 aliphatic heterocycles. The Morgan fingerprint density at radius 2 is 1.89 bits per heavy atom. The van der Waals surface area contributed by atoms with Crippen molar-refractivity contribution in [2.45, 2.75) is 33.6 Å². The Bertz CT molecular complexity index is 266. The third kappa shape index (κ3) is 7.27. The quantitative estimate of drug-likeness (QED) is 0.639. The molecule has 0 aliphatic carbocycles. The summed E-state index contributed by atoms with van der Waals surface area (Å²) in [7, 11) is 1.61. The average molecular weight is 259 g/mol. The summed E-state index contributed by atoms with van der Waals surface area (Å²) in [6, 6.07) is 0. The van der Waals surface area contributed by atoms with Gasteiger partial charge in [-0.1, -0.05) is 20.8 Å². The van der Waals surface area contributed by atoms with Crippen LogP contribution in [0.3, 0.4) is 0 Å². The first-order valence-electron chi connectivity index (χ1n) is 6.38. The fraction of sp³-hybridized carbons (Fsp3) is 0.846. The van der Waals surface area contributed by atoms with E-state index in [4.69, 9.17) is 9.84 Å². The molecule has 0 rings (SSSR count). The first-order valence-corrected chi connectivity index (χ1v) is 6.38. The smallest absolute Gasteiger partial charge is 0.308 e. The van der Waals surface area contributed by atoms with Crippen LogP contribution in [0.2, 0.25) is 0 Å².